The van der Waals surface area contributed by atoms with Gasteiger partial charge >= 0.3 is 0 Å². The van der Waals surface area contributed by atoms with Gasteiger partial charge < -0.3 is 0 Å². The Hall–Kier alpha value is -1.58. The van der Waals surface area contributed by atoms with E-state index in [2.05, 4.69) is 29.0 Å². The molecular formula is C15H11ClN2S. The molecule has 0 aliphatic carbocycles. The molecular weight excluding hydrogens is 276 g/mol. The molecule has 0 fully saturated rings. The van der Waals surface area contributed by atoms with Crippen molar-refractivity contribution in [2.24, 2.45) is 0 Å². The van der Waals surface area contributed by atoms with Gasteiger partial charge in [0.1, 0.15) is 5.03 Å². The fraction of sp³-hybridized carbons (Fsp3) is 0.0667. The van der Waals surface area contributed by atoms with E-state index in [1.807, 2.05) is 36.4 Å². The highest BCUT2D eigenvalue weighted by atomic mass is 35.5. The molecule has 4 heteroatoms. The van der Waals surface area contributed by atoms with Crippen molar-refractivity contribution in [3.63, 3.8) is 0 Å². The van der Waals surface area contributed by atoms with E-state index in [9.17, 15) is 0 Å². The first-order valence-corrected chi connectivity index (χ1v) is 7.09. The quantitative estimate of drug-likeness (QED) is 0.502. The molecule has 0 N–H and O–H groups in total. The normalized spacial score (nSPS) is 10.8. The van der Waals surface area contributed by atoms with Gasteiger partial charge in [0.05, 0.1) is 5.52 Å². The van der Waals surface area contributed by atoms with Gasteiger partial charge in [0.15, 0.2) is 0 Å². The number of rotatable bonds is 2. The van der Waals surface area contributed by atoms with E-state index in [0.29, 0.717) is 0 Å². The predicted molar refractivity (Wildman–Crippen MR) is 79.9 cm³/mol. The molecule has 0 bridgehead atoms. The first-order chi connectivity index (χ1) is 9.24. The molecule has 3 aromatic rings. The highest BCUT2D eigenvalue weighted by Crippen LogP contribution is 2.33. The first-order valence-electron chi connectivity index (χ1n) is 5.90. The van der Waals surface area contributed by atoms with Gasteiger partial charge in [0.2, 0.25) is 5.28 Å². The highest BCUT2D eigenvalue weighted by molar-refractivity contribution is 7.99. The maximum Gasteiger partial charge on any atom is 0.224 e. The average Bonchev–Trinajstić information content (AvgIpc) is 2.41. The fourth-order valence-electron chi connectivity index (χ4n) is 1.87. The van der Waals surface area contributed by atoms with E-state index in [4.69, 9.17) is 11.6 Å². The summed E-state index contributed by atoms with van der Waals surface area (Å²) in [4.78, 5) is 9.78. The molecule has 19 heavy (non-hydrogen) atoms. The third-order valence-electron chi connectivity index (χ3n) is 2.84. The molecule has 94 valence electrons. The van der Waals surface area contributed by atoms with Crippen LogP contribution in [0.4, 0.5) is 0 Å². The molecule has 1 aromatic heterocycles. The summed E-state index contributed by atoms with van der Waals surface area (Å²) in [5.41, 5.74) is 2.10. The van der Waals surface area contributed by atoms with Crippen molar-refractivity contribution in [1.29, 1.82) is 0 Å². The average molecular weight is 287 g/mol. The number of fused-ring (bicyclic) bond motifs is 1. The lowest BCUT2D eigenvalue weighted by atomic mass is 10.2. The number of nitrogens with zero attached hydrogens (tertiary/aromatic N) is 2. The van der Waals surface area contributed by atoms with Gasteiger partial charge in [-0.3, -0.25) is 0 Å². The molecule has 0 atom stereocenters. The van der Waals surface area contributed by atoms with Crippen molar-refractivity contribution in [3.05, 3.63) is 59.4 Å². The standard InChI is InChI=1S/C15H11ClN2S/c1-10-6-2-5-9-13(10)19-14-11-7-3-4-8-12(11)17-15(16)18-14/h2-9H,1H3. The van der Waals surface area contributed by atoms with Crippen molar-refractivity contribution >= 4 is 34.3 Å². The largest absolute Gasteiger partial charge is 0.224 e. The van der Waals surface area contributed by atoms with E-state index in [-0.39, 0.29) is 5.28 Å². The molecule has 0 radical (unpaired) electrons. The molecule has 0 amide bonds. The van der Waals surface area contributed by atoms with Crippen LogP contribution in [0.15, 0.2) is 58.5 Å². The topological polar surface area (TPSA) is 25.8 Å². The smallest absolute Gasteiger partial charge is 0.218 e. The molecule has 0 aliphatic heterocycles. The van der Waals surface area contributed by atoms with Crippen LogP contribution < -0.4 is 0 Å². The minimum atomic E-state index is 0.287. The Kier molecular flexibility index (Phi) is 3.40. The maximum absolute atomic E-state index is 5.99. The van der Waals surface area contributed by atoms with Gasteiger partial charge in [0, 0.05) is 10.3 Å². The molecule has 0 aliphatic rings. The van der Waals surface area contributed by atoms with Crippen molar-refractivity contribution in [2.45, 2.75) is 16.8 Å². The second-order valence-electron chi connectivity index (χ2n) is 4.18. The summed E-state index contributed by atoms with van der Waals surface area (Å²) in [6.07, 6.45) is 0. The van der Waals surface area contributed by atoms with Gasteiger partial charge in [-0.15, -0.1) is 0 Å². The van der Waals surface area contributed by atoms with Crippen LogP contribution in [-0.4, -0.2) is 9.97 Å². The van der Waals surface area contributed by atoms with Gasteiger partial charge in [-0.2, -0.15) is 0 Å². The minimum Gasteiger partial charge on any atom is -0.218 e. The number of aryl methyl sites for hydroxylation is 1. The van der Waals surface area contributed by atoms with E-state index in [1.165, 1.54) is 10.5 Å². The van der Waals surface area contributed by atoms with Crippen LogP contribution in [0.5, 0.6) is 0 Å². The summed E-state index contributed by atoms with van der Waals surface area (Å²) in [6, 6.07) is 16.1. The molecule has 1 heterocycles. The molecule has 0 unspecified atom stereocenters. The van der Waals surface area contributed by atoms with Crippen molar-refractivity contribution in [2.75, 3.05) is 0 Å². The summed E-state index contributed by atoms with van der Waals surface area (Å²) in [5, 5.41) is 2.21. The van der Waals surface area contributed by atoms with Crippen LogP contribution in [0.25, 0.3) is 10.9 Å². The Labute approximate surface area is 120 Å². The summed E-state index contributed by atoms with van der Waals surface area (Å²) in [6.45, 7) is 2.09. The zero-order valence-corrected chi connectivity index (χ0v) is 11.9. The third-order valence-corrected chi connectivity index (χ3v) is 4.19. The Morgan fingerprint density at radius 3 is 2.53 bits per heavy atom. The Bertz CT molecular complexity index is 743. The zero-order chi connectivity index (χ0) is 13.2. The van der Waals surface area contributed by atoms with Crippen LogP contribution in [0.2, 0.25) is 5.28 Å². The van der Waals surface area contributed by atoms with E-state index < -0.39 is 0 Å². The second-order valence-corrected chi connectivity index (χ2v) is 5.55. The number of halogens is 1. The van der Waals surface area contributed by atoms with E-state index >= 15 is 0 Å². The highest BCUT2D eigenvalue weighted by Gasteiger charge is 2.09. The lowest BCUT2D eigenvalue weighted by Crippen LogP contribution is -1.89. The van der Waals surface area contributed by atoms with Crippen LogP contribution in [0.3, 0.4) is 0 Å². The lowest BCUT2D eigenvalue weighted by Gasteiger charge is -2.07. The van der Waals surface area contributed by atoms with Crippen molar-refractivity contribution in [3.8, 4) is 0 Å². The molecule has 0 spiro atoms. The Balaban J connectivity index is 2.13. The molecule has 3 rings (SSSR count). The van der Waals surface area contributed by atoms with E-state index in [1.54, 1.807) is 11.8 Å². The fourth-order valence-corrected chi connectivity index (χ4v) is 3.10. The molecule has 0 saturated heterocycles. The van der Waals surface area contributed by atoms with Gasteiger partial charge in [-0.05, 0) is 36.2 Å². The number of hydrogen-bond donors (Lipinski definition) is 0. The monoisotopic (exact) mass is 286 g/mol. The number of benzene rings is 2. The van der Waals surface area contributed by atoms with Crippen LogP contribution in [-0.2, 0) is 0 Å². The van der Waals surface area contributed by atoms with Crippen LogP contribution >= 0.6 is 23.4 Å². The zero-order valence-electron chi connectivity index (χ0n) is 10.3. The molecule has 2 aromatic carbocycles. The van der Waals surface area contributed by atoms with Gasteiger partial charge in [0.25, 0.3) is 0 Å². The van der Waals surface area contributed by atoms with Crippen LogP contribution in [0, 0.1) is 6.92 Å². The molecule has 0 saturated carbocycles. The van der Waals surface area contributed by atoms with Gasteiger partial charge in [-0.1, -0.05) is 48.2 Å². The third kappa shape index (κ3) is 2.57. The number of para-hydroxylation sites is 1. The maximum atomic E-state index is 5.99. The summed E-state index contributed by atoms with van der Waals surface area (Å²) in [5.74, 6) is 0. The lowest BCUT2D eigenvalue weighted by molar-refractivity contribution is 1.10. The van der Waals surface area contributed by atoms with Crippen molar-refractivity contribution < 1.29 is 0 Å². The first kappa shape index (κ1) is 12.5. The Morgan fingerprint density at radius 1 is 0.947 bits per heavy atom. The predicted octanol–water partition coefficient (Wildman–Crippen LogP) is 4.74. The van der Waals surface area contributed by atoms with Crippen molar-refractivity contribution in [1.82, 2.24) is 9.97 Å². The number of hydrogen-bond acceptors (Lipinski definition) is 3. The number of aromatic nitrogens is 2. The summed E-state index contributed by atoms with van der Waals surface area (Å²) >= 11 is 7.62. The SMILES string of the molecule is Cc1ccccc1Sc1nc(Cl)nc2ccccc12. The molecule has 2 nitrogen and oxygen atoms in total. The van der Waals surface area contributed by atoms with Gasteiger partial charge in [-0.25, -0.2) is 9.97 Å². The van der Waals surface area contributed by atoms with Crippen LogP contribution in [0.1, 0.15) is 5.56 Å². The second kappa shape index (κ2) is 5.19. The summed E-state index contributed by atoms with van der Waals surface area (Å²) in [7, 11) is 0. The Morgan fingerprint density at radius 2 is 1.68 bits per heavy atom. The van der Waals surface area contributed by atoms with E-state index in [0.717, 1.165) is 15.9 Å². The minimum absolute atomic E-state index is 0.287. The summed E-state index contributed by atoms with van der Waals surface area (Å²) < 4.78 is 0.